The van der Waals surface area contributed by atoms with Crippen LogP contribution in [0.5, 0.6) is 0 Å². The van der Waals surface area contributed by atoms with E-state index in [1.165, 1.54) is 22.2 Å². The number of aromatic nitrogens is 1. The van der Waals surface area contributed by atoms with Crippen molar-refractivity contribution in [1.29, 1.82) is 5.26 Å². The molecule has 186 valence electrons. The molecule has 4 rings (SSSR count). The number of nitrogens with zero attached hydrogens (tertiary/aromatic N) is 4. The van der Waals surface area contributed by atoms with Gasteiger partial charge in [0.25, 0.3) is 11.5 Å². The zero-order valence-electron chi connectivity index (χ0n) is 20.7. The molecule has 0 bridgehead atoms. The van der Waals surface area contributed by atoms with E-state index in [9.17, 15) is 14.9 Å². The van der Waals surface area contributed by atoms with Crippen molar-refractivity contribution in [2.24, 2.45) is 5.92 Å². The molecule has 2 fully saturated rings. The summed E-state index contributed by atoms with van der Waals surface area (Å²) in [5.74, 6) is 1.18. The molecule has 2 aromatic rings. The van der Waals surface area contributed by atoms with Gasteiger partial charge in [0.2, 0.25) is 0 Å². The molecule has 1 amide bonds. The van der Waals surface area contributed by atoms with Crippen molar-refractivity contribution in [2.45, 2.75) is 39.7 Å². The fourth-order valence-corrected chi connectivity index (χ4v) is 6.25. The van der Waals surface area contributed by atoms with Gasteiger partial charge in [-0.1, -0.05) is 60.4 Å². The summed E-state index contributed by atoms with van der Waals surface area (Å²) in [4.78, 5) is 30.6. The fourth-order valence-electron chi connectivity index (χ4n) is 4.99. The molecule has 3 heterocycles. The minimum atomic E-state index is -0.282. The number of hydrogen-bond donors (Lipinski definition) is 0. The van der Waals surface area contributed by atoms with Crippen molar-refractivity contribution in [3.63, 3.8) is 0 Å². The van der Waals surface area contributed by atoms with Crippen molar-refractivity contribution in [3.05, 3.63) is 80.5 Å². The summed E-state index contributed by atoms with van der Waals surface area (Å²) in [6.07, 6.45) is 6.52. The van der Waals surface area contributed by atoms with Gasteiger partial charge >= 0.3 is 0 Å². The Balaban J connectivity index is 1.72. The van der Waals surface area contributed by atoms with E-state index in [2.05, 4.69) is 41.8 Å². The van der Waals surface area contributed by atoms with Gasteiger partial charge in [-0.3, -0.25) is 19.1 Å². The largest absolute Gasteiger partial charge is 0.357 e. The molecule has 6 nitrogen and oxygen atoms in total. The van der Waals surface area contributed by atoms with Gasteiger partial charge in [-0.2, -0.15) is 5.26 Å². The molecule has 8 heteroatoms. The van der Waals surface area contributed by atoms with E-state index in [-0.39, 0.29) is 17.0 Å². The second-order valence-electron chi connectivity index (χ2n) is 9.10. The number of anilines is 1. The van der Waals surface area contributed by atoms with Crippen LogP contribution in [0, 0.1) is 24.2 Å². The van der Waals surface area contributed by atoms with Crippen LogP contribution in [-0.4, -0.2) is 39.3 Å². The Morgan fingerprint density at radius 2 is 1.92 bits per heavy atom. The topological polar surface area (TPSA) is 69.3 Å². The average molecular weight is 519 g/mol. The third kappa shape index (κ3) is 5.04. The summed E-state index contributed by atoms with van der Waals surface area (Å²) < 4.78 is 2.16. The Morgan fingerprint density at radius 3 is 2.53 bits per heavy atom. The molecule has 0 atom stereocenters. The number of hydrogen-bond acceptors (Lipinski definition) is 6. The highest BCUT2D eigenvalue weighted by Gasteiger charge is 2.33. The van der Waals surface area contributed by atoms with Gasteiger partial charge in [-0.05, 0) is 56.2 Å². The second kappa shape index (κ2) is 11.3. The Kier molecular flexibility index (Phi) is 8.12. The number of benzene rings is 1. The summed E-state index contributed by atoms with van der Waals surface area (Å²) in [5.41, 5.74) is 2.52. The minimum Gasteiger partial charge on any atom is -0.357 e. The number of carbonyl (C=O) groups excluding carboxylic acids is 1. The molecule has 0 spiro atoms. The van der Waals surface area contributed by atoms with Crippen LogP contribution in [0.3, 0.4) is 0 Å². The van der Waals surface area contributed by atoms with Crippen LogP contribution in [0.2, 0.25) is 0 Å². The quantitative estimate of drug-likeness (QED) is 0.295. The van der Waals surface area contributed by atoms with Crippen LogP contribution in [0.4, 0.5) is 5.82 Å². The molecule has 36 heavy (non-hydrogen) atoms. The first-order chi connectivity index (χ1) is 17.4. The summed E-state index contributed by atoms with van der Waals surface area (Å²) in [6.45, 7) is 9.82. The van der Waals surface area contributed by atoms with E-state index >= 15 is 0 Å². The van der Waals surface area contributed by atoms with Gasteiger partial charge in [0, 0.05) is 31.7 Å². The average Bonchev–Trinajstić information content (AvgIpc) is 3.14. The number of amides is 1. The van der Waals surface area contributed by atoms with E-state index in [1.54, 1.807) is 17.6 Å². The lowest BCUT2D eigenvalue weighted by molar-refractivity contribution is -0.121. The van der Waals surface area contributed by atoms with Crippen molar-refractivity contribution in [2.75, 3.05) is 24.5 Å². The molecule has 0 aliphatic carbocycles. The second-order valence-corrected chi connectivity index (χ2v) is 10.8. The number of piperidine rings is 1. The van der Waals surface area contributed by atoms with E-state index in [4.69, 9.17) is 12.2 Å². The lowest BCUT2D eigenvalue weighted by Gasteiger charge is -2.36. The van der Waals surface area contributed by atoms with E-state index in [0.29, 0.717) is 33.8 Å². The Bertz CT molecular complexity index is 1320. The summed E-state index contributed by atoms with van der Waals surface area (Å²) in [5, 5.41) is 9.78. The molecule has 2 saturated heterocycles. The zero-order valence-corrected chi connectivity index (χ0v) is 22.3. The first-order valence-corrected chi connectivity index (χ1v) is 13.4. The number of thioether (sulfide) groups is 1. The van der Waals surface area contributed by atoms with Crippen LogP contribution in [0.25, 0.3) is 6.08 Å². The Morgan fingerprint density at radius 1 is 1.22 bits per heavy atom. The molecule has 0 N–H and O–H groups in total. The van der Waals surface area contributed by atoms with Gasteiger partial charge in [-0.25, -0.2) is 0 Å². The standard InChI is InChI=1S/C28H30N4O2S2/c1-4-13-32-27(34)24(36-28(32)35)17-22-19(3)23(18-29)26(33)31(5-2)25(22)30-14-11-21(12-15-30)16-20-9-7-6-8-10-20/h4,6-10,17,21H,1,5,11-16H2,2-3H3. The summed E-state index contributed by atoms with van der Waals surface area (Å²) >= 11 is 6.66. The van der Waals surface area contributed by atoms with Crippen molar-refractivity contribution >= 4 is 46.1 Å². The zero-order chi connectivity index (χ0) is 25.8. The number of thiocarbonyl (C=S) groups is 1. The molecule has 1 aromatic heterocycles. The predicted octanol–water partition coefficient (Wildman–Crippen LogP) is 4.89. The van der Waals surface area contributed by atoms with Crippen molar-refractivity contribution in [3.8, 4) is 6.07 Å². The monoisotopic (exact) mass is 518 g/mol. The van der Waals surface area contributed by atoms with Crippen molar-refractivity contribution < 1.29 is 4.79 Å². The molecule has 2 aliphatic heterocycles. The third-order valence-electron chi connectivity index (χ3n) is 6.90. The van der Waals surface area contributed by atoms with Crippen LogP contribution < -0.4 is 10.5 Å². The highest BCUT2D eigenvalue weighted by atomic mass is 32.2. The van der Waals surface area contributed by atoms with Crippen LogP contribution in [0.15, 0.2) is 52.7 Å². The van der Waals surface area contributed by atoms with Gasteiger partial charge in [0.1, 0.15) is 21.8 Å². The van der Waals surface area contributed by atoms with Gasteiger partial charge in [0.05, 0.1) is 4.91 Å². The third-order valence-corrected chi connectivity index (χ3v) is 8.28. The van der Waals surface area contributed by atoms with E-state index in [1.807, 2.05) is 19.1 Å². The molecule has 2 aliphatic rings. The first kappa shape index (κ1) is 25.9. The van der Waals surface area contributed by atoms with Gasteiger partial charge < -0.3 is 4.90 Å². The van der Waals surface area contributed by atoms with E-state index in [0.717, 1.165) is 43.7 Å². The number of rotatable bonds is 7. The minimum absolute atomic E-state index is 0.118. The number of carbonyl (C=O) groups is 1. The SMILES string of the molecule is C=CCN1C(=O)C(=Cc2c(C)c(C#N)c(=O)n(CC)c2N2CCC(Cc3ccccc3)CC2)SC1=S. The van der Waals surface area contributed by atoms with Crippen LogP contribution >= 0.6 is 24.0 Å². The van der Waals surface area contributed by atoms with Crippen LogP contribution in [-0.2, 0) is 17.8 Å². The van der Waals surface area contributed by atoms with Crippen molar-refractivity contribution in [1.82, 2.24) is 9.47 Å². The maximum atomic E-state index is 13.2. The highest BCUT2D eigenvalue weighted by molar-refractivity contribution is 8.26. The normalized spacial score (nSPS) is 17.6. The van der Waals surface area contributed by atoms with Crippen LogP contribution in [0.1, 0.15) is 42.0 Å². The molecule has 0 unspecified atom stereocenters. The highest BCUT2D eigenvalue weighted by Crippen LogP contribution is 2.37. The molecular weight excluding hydrogens is 488 g/mol. The fraction of sp³-hybridized carbons (Fsp3) is 0.357. The molecule has 1 aromatic carbocycles. The van der Waals surface area contributed by atoms with E-state index < -0.39 is 0 Å². The smallest absolute Gasteiger partial charge is 0.270 e. The van der Waals surface area contributed by atoms with Gasteiger partial charge in [0.15, 0.2) is 0 Å². The summed E-state index contributed by atoms with van der Waals surface area (Å²) in [7, 11) is 0. The maximum absolute atomic E-state index is 13.2. The Labute approximate surface area is 221 Å². The number of pyridine rings is 1. The van der Waals surface area contributed by atoms with Gasteiger partial charge in [-0.15, -0.1) is 6.58 Å². The Hall–Kier alpha value is -3.15. The molecular formula is C28H30N4O2S2. The lowest BCUT2D eigenvalue weighted by atomic mass is 9.90. The maximum Gasteiger partial charge on any atom is 0.270 e. The summed E-state index contributed by atoms with van der Waals surface area (Å²) in [6, 6.07) is 12.6. The molecule has 0 radical (unpaired) electrons. The first-order valence-electron chi connectivity index (χ1n) is 12.2. The number of nitriles is 1. The predicted molar refractivity (Wildman–Crippen MR) is 151 cm³/mol. The molecule has 0 saturated carbocycles. The lowest BCUT2D eigenvalue weighted by Crippen LogP contribution is -2.39.